The van der Waals surface area contributed by atoms with Crippen molar-refractivity contribution in [2.24, 2.45) is 4.99 Å². The Kier molecular flexibility index (Phi) is 11.1. The molecular formula is C17H25IN4S2. The molecule has 0 radical (unpaired) electrons. The number of aromatic nitrogens is 1. The van der Waals surface area contributed by atoms with Crippen LogP contribution in [-0.2, 0) is 0 Å². The van der Waals surface area contributed by atoms with Gasteiger partial charge in [0.2, 0.25) is 0 Å². The van der Waals surface area contributed by atoms with E-state index in [0.29, 0.717) is 5.92 Å². The van der Waals surface area contributed by atoms with E-state index in [1.807, 2.05) is 36.5 Å². The molecule has 2 rings (SSSR count). The first-order valence-corrected chi connectivity index (χ1v) is 9.68. The van der Waals surface area contributed by atoms with Gasteiger partial charge >= 0.3 is 0 Å². The van der Waals surface area contributed by atoms with E-state index in [9.17, 15) is 0 Å². The van der Waals surface area contributed by atoms with E-state index >= 15 is 0 Å². The van der Waals surface area contributed by atoms with E-state index in [-0.39, 0.29) is 24.0 Å². The first-order valence-electron chi connectivity index (χ1n) is 7.81. The molecule has 0 bridgehead atoms. The van der Waals surface area contributed by atoms with Crippen LogP contribution in [0.4, 0.5) is 0 Å². The van der Waals surface area contributed by atoms with E-state index in [1.165, 1.54) is 5.56 Å². The molecule has 2 aromatic rings. The Bertz CT molecular complexity index is 576. The Morgan fingerprint density at radius 2 is 2.08 bits per heavy atom. The van der Waals surface area contributed by atoms with Crippen molar-refractivity contribution in [3.05, 3.63) is 47.5 Å². The minimum Gasteiger partial charge on any atom is -0.356 e. The Balaban J connectivity index is 0.00000288. The molecule has 0 aliphatic carbocycles. The van der Waals surface area contributed by atoms with Crippen molar-refractivity contribution in [1.82, 2.24) is 15.6 Å². The van der Waals surface area contributed by atoms with Crippen LogP contribution in [0, 0.1) is 0 Å². The molecule has 1 unspecified atom stereocenters. The second-order valence-electron chi connectivity index (χ2n) is 5.19. The summed E-state index contributed by atoms with van der Waals surface area (Å²) in [7, 11) is 1.81. The second-order valence-corrected chi connectivity index (χ2v) is 7.43. The van der Waals surface area contributed by atoms with Crippen LogP contribution in [-0.4, -0.2) is 36.8 Å². The Morgan fingerprint density at radius 3 is 2.75 bits per heavy atom. The lowest BCUT2D eigenvalue weighted by atomic mass is 10.0. The molecule has 7 heteroatoms. The number of hydrogen-bond donors (Lipinski definition) is 2. The molecule has 0 aliphatic heterocycles. The summed E-state index contributed by atoms with van der Waals surface area (Å²) in [6, 6.07) is 10.5. The van der Waals surface area contributed by atoms with Crippen molar-refractivity contribution < 1.29 is 0 Å². The van der Waals surface area contributed by atoms with E-state index in [1.54, 1.807) is 11.3 Å². The van der Waals surface area contributed by atoms with Crippen molar-refractivity contribution in [1.29, 1.82) is 0 Å². The molecule has 0 saturated heterocycles. The van der Waals surface area contributed by atoms with Gasteiger partial charge < -0.3 is 10.6 Å². The zero-order valence-corrected chi connectivity index (χ0v) is 18.0. The number of nitrogens with one attached hydrogen (secondary N) is 2. The number of halogens is 1. The van der Waals surface area contributed by atoms with Crippen LogP contribution >= 0.6 is 47.1 Å². The maximum absolute atomic E-state index is 4.28. The van der Waals surface area contributed by atoms with Crippen LogP contribution in [0.2, 0.25) is 0 Å². The largest absolute Gasteiger partial charge is 0.356 e. The van der Waals surface area contributed by atoms with Crippen molar-refractivity contribution in [2.45, 2.75) is 23.6 Å². The smallest absolute Gasteiger partial charge is 0.190 e. The van der Waals surface area contributed by atoms with Crippen LogP contribution in [0.5, 0.6) is 0 Å². The third kappa shape index (κ3) is 7.85. The zero-order valence-electron chi connectivity index (χ0n) is 14.1. The molecule has 0 fully saturated rings. The quantitative estimate of drug-likeness (QED) is 0.197. The average Bonchev–Trinajstić information content (AvgIpc) is 3.11. The van der Waals surface area contributed by atoms with Gasteiger partial charge in [-0.05, 0) is 17.9 Å². The second kappa shape index (κ2) is 12.5. The predicted molar refractivity (Wildman–Crippen MR) is 117 cm³/mol. The van der Waals surface area contributed by atoms with Gasteiger partial charge in [0.1, 0.15) is 4.34 Å². The number of thioether (sulfide) groups is 1. The topological polar surface area (TPSA) is 49.3 Å². The van der Waals surface area contributed by atoms with Crippen molar-refractivity contribution in [2.75, 3.05) is 25.9 Å². The molecule has 24 heavy (non-hydrogen) atoms. The number of guanidine groups is 1. The van der Waals surface area contributed by atoms with Gasteiger partial charge in [0.05, 0.1) is 0 Å². The first-order chi connectivity index (χ1) is 11.3. The fraction of sp³-hybridized carbons (Fsp3) is 0.412. The molecule has 0 saturated carbocycles. The number of benzene rings is 1. The van der Waals surface area contributed by atoms with E-state index in [0.717, 1.165) is 35.6 Å². The van der Waals surface area contributed by atoms with E-state index in [4.69, 9.17) is 0 Å². The number of aliphatic imine (C=N–C) groups is 1. The number of rotatable bonds is 8. The summed E-state index contributed by atoms with van der Waals surface area (Å²) in [6.45, 7) is 4.01. The molecule has 1 aromatic carbocycles. The number of hydrogen-bond acceptors (Lipinski definition) is 4. The van der Waals surface area contributed by atoms with Gasteiger partial charge in [0.25, 0.3) is 0 Å². The third-order valence-electron chi connectivity index (χ3n) is 3.42. The third-order valence-corrected chi connectivity index (χ3v) is 5.47. The lowest BCUT2D eigenvalue weighted by Gasteiger charge is -2.16. The molecule has 132 valence electrons. The van der Waals surface area contributed by atoms with Gasteiger partial charge in [-0.3, -0.25) is 4.99 Å². The standard InChI is InChI=1S/C17H24N4S2.HI/c1-14(15-7-4-3-5-8-15)13-21-16(18-2)19-9-6-11-22-17-20-10-12-23-17;/h3-5,7-8,10,12,14H,6,9,11,13H2,1-2H3,(H2,18,19,21);1H. The molecule has 0 aliphatic rings. The Hall–Kier alpha value is -0.800. The van der Waals surface area contributed by atoms with Gasteiger partial charge in [-0.2, -0.15) is 0 Å². The van der Waals surface area contributed by atoms with Crippen LogP contribution in [0.15, 0.2) is 51.2 Å². The minimum atomic E-state index is 0. The number of nitrogens with zero attached hydrogens (tertiary/aromatic N) is 2. The highest BCUT2D eigenvalue weighted by Crippen LogP contribution is 2.20. The normalized spacial score (nSPS) is 12.3. The van der Waals surface area contributed by atoms with Crippen LogP contribution < -0.4 is 10.6 Å². The minimum absolute atomic E-state index is 0. The molecule has 2 N–H and O–H groups in total. The van der Waals surface area contributed by atoms with Crippen LogP contribution in [0.1, 0.15) is 24.8 Å². The van der Waals surface area contributed by atoms with E-state index in [2.05, 4.69) is 51.8 Å². The lowest BCUT2D eigenvalue weighted by Crippen LogP contribution is -2.39. The van der Waals surface area contributed by atoms with Gasteiger partial charge in [0, 0.05) is 37.5 Å². The van der Waals surface area contributed by atoms with Crippen molar-refractivity contribution in [3.63, 3.8) is 0 Å². The molecular weight excluding hydrogens is 451 g/mol. The predicted octanol–water partition coefficient (Wildman–Crippen LogP) is 4.21. The van der Waals surface area contributed by atoms with Crippen molar-refractivity contribution in [3.8, 4) is 0 Å². The van der Waals surface area contributed by atoms with Gasteiger partial charge in [0.15, 0.2) is 5.96 Å². The number of thiazole rings is 1. The summed E-state index contributed by atoms with van der Waals surface area (Å²) in [5, 5.41) is 8.77. The van der Waals surface area contributed by atoms with Crippen LogP contribution in [0.3, 0.4) is 0 Å². The van der Waals surface area contributed by atoms with Crippen molar-refractivity contribution >= 4 is 53.0 Å². The molecule has 1 atom stereocenters. The summed E-state index contributed by atoms with van der Waals surface area (Å²) in [6.07, 6.45) is 2.93. The molecule has 0 amide bonds. The summed E-state index contributed by atoms with van der Waals surface area (Å²) in [5.41, 5.74) is 1.34. The Morgan fingerprint density at radius 1 is 1.29 bits per heavy atom. The zero-order chi connectivity index (χ0) is 16.3. The molecule has 1 heterocycles. The Labute approximate surface area is 170 Å². The fourth-order valence-electron chi connectivity index (χ4n) is 2.09. The highest BCUT2D eigenvalue weighted by atomic mass is 127. The molecule has 4 nitrogen and oxygen atoms in total. The van der Waals surface area contributed by atoms with Crippen LogP contribution in [0.25, 0.3) is 0 Å². The summed E-state index contributed by atoms with van der Waals surface area (Å²) >= 11 is 3.51. The summed E-state index contributed by atoms with van der Waals surface area (Å²) < 4.78 is 1.14. The maximum Gasteiger partial charge on any atom is 0.190 e. The van der Waals surface area contributed by atoms with Gasteiger partial charge in [-0.25, -0.2) is 4.98 Å². The SMILES string of the molecule is CN=C(NCCCSc1nccs1)NCC(C)c1ccccc1.I. The summed E-state index contributed by atoms with van der Waals surface area (Å²) in [5.74, 6) is 2.39. The fourth-order valence-corrected chi connectivity index (χ4v) is 3.74. The molecule has 0 spiro atoms. The molecule has 1 aromatic heterocycles. The van der Waals surface area contributed by atoms with Gasteiger partial charge in [-0.15, -0.1) is 35.3 Å². The van der Waals surface area contributed by atoms with Gasteiger partial charge in [-0.1, -0.05) is 49.0 Å². The maximum atomic E-state index is 4.28. The van der Waals surface area contributed by atoms with E-state index < -0.39 is 0 Å². The average molecular weight is 476 g/mol. The summed E-state index contributed by atoms with van der Waals surface area (Å²) in [4.78, 5) is 8.55. The first kappa shape index (κ1) is 21.2. The monoisotopic (exact) mass is 476 g/mol. The highest BCUT2D eigenvalue weighted by molar-refractivity contribution is 14.0. The highest BCUT2D eigenvalue weighted by Gasteiger charge is 2.06. The lowest BCUT2D eigenvalue weighted by molar-refractivity contribution is 0.696.